The maximum absolute atomic E-state index is 12.1. The van der Waals surface area contributed by atoms with Crippen LogP contribution in [0.5, 0.6) is 0 Å². The molecule has 2 fully saturated rings. The first-order valence-electron chi connectivity index (χ1n) is 9.41. The summed E-state index contributed by atoms with van der Waals surface area (Å²) in [5.74, 6) is 1.06. The first-order chi connectivity index (χ1) is 11.1. The fraction of sp³-hybridized carbons (Fsp3) is 0.889. The Hall–Kier alpha value is -1.10. The molecule has 0 aromatic rings. The Kier molecular flexibility index (Phi) is 7.34. The van der Waals surface area contributed by atoms with E-state index in [-0.39, 0.29) is 11.8 Å². The summed E-state index contributed by atoms with van der Waals surface area (Å²) in [5.41, 5.74) is 0. The molecule has 23 heavy (non-hydrogen) atoms. The van der Waals surface area contributed by atoms with Crippen LogP contribution in [0.4, 0.5) is 0 Å². The van der Waals surface area contributed by atoms with Crippen molar-refractivity contribution >= 4 is 11.8 Å². The SMILES string of the molecule is CCN(CC)C(=O)CN1CCC(NC(=O)CC2CCCC2)CC1. The van der Waals surface area contributed by atoms with Gasteiger partial charge in [0.1, 0.15) is 0 Å². The number of hydrogen-bond donors (Lipinski definition) is 1. The number of nitrogens with one attached hydrogen (secondary N) is 1. The topological polar surface area (TPSA) is 52.7 Å². The number of amides is 2. The van der Waals surface area contributed by atoms with Gasteiger partial charge < -0.3 is 10.2 Å². The third-order valence-electron chi connectivity index (χ3n) is 5.38. The molecule has 0 atom stereocenters. The maximum atomic E-state index is 12.1. The zero-order valence-corrected chi connectivity index (χ0v) is 14.9. The molecular formula is C18H33N3O2. The van der Waals surface area contributed by atoms with Gasteiger partial charge in [0.15, 0.2) is 0 Å². The molecule has 2 amide bonds. The number of carbonyl (C=O) groups is 2. The van der Waals surface area contributed by atoms with Crippen molar-refractivity contribution in [2.75, 3.05) is 32.7 Å². The zero-order valence-electron chi connectivity index (χ0n) is 14.9. The van der Waals surface area contributed by atoms with Crippen molar-refractivity contribution < 1.29 is 9.59 Å². The lowest BCUT2D eigenvalue weighted by molar-refractivity contribution is -0.132. The van der Waals surface area contributed by atoms with Crippen molar-refractivity contribution in [3.05, 3.63) is 0 Å². The van der Waals surface area contributed by atoms with Gasteiger partial charge in [0, 0.05) is 38.6 Å². The molecule has 132 valence electrons. The summed E-state index contributed by atoms with van der Waals surface area (Å²) in [7, 11) is 0. The minimum atomic E-state index is 0.221. The number of piperidine rings is 1. The summed E-state index contributed by atoms with van der Waals surface area (Å²) in [4.78, 5) is 28.4. The van der Waals surface area contributed by atoms with E-state index in [2.05, 4.69) is 10.2 Å². The Balaban J connectivity index is 1.65. The van der Waals surface area contributed by atoms with Crippen LogP contribution in [0.25, 0.3) is 0 Å². The second kappa shape index (κ2) is 9.26. The minimum absolute atomic E-state index is 0.221. The van der Waals surface area contributed by atoms with Gasteiger partial charge in [-0.25, -0.2) is 0 Å². The Labute approximate surface area is 140 Å². The van der Waals surface area contributed by atoms with Crippen LogP contribution in [0.2, 0.25) is 0 Å². The molecule has 1 heterocycles. The minimum Gasteiger partial charge on any atom is -0.353 e. The molecule has 5 nitrogen and oxygen atoms in total. The largest absolute Gasteiger partial charge is 0.353 e. The first kappa shape index (κ1) is 18.2. The van der Waals surface area contributed by atoms with Gasteiger partial charge in [-0.15, -0.1) is 0 Å². The molecule has 1 saturated heterocycles. The zero-order chi connectivity index (χ0) is 16.7. The number of hydrogen-bond acceptors (Lipinski definition) is 3. The number of carbonyl (C=O) groups excluding carboxylic acids is 2. The molecule has 2 aliphatic rings. The van der Waals surface area contributed by atoms with Gasteiger partial charge in [0.25, 0.3) is 0 Å². The fourth-order valence-electron chi connectivity index (χ4n) is 3.87. The van der Waals surface area contributed by atoms with Crippen LogP contribution in [-0.2, 0) is 9.59 Å². The van der Waals surface area contributed by atoms with Crippen molar-refractivity contribution in [2.45, 2.75) is 64.8 Å². The normalized spacial score (nSPS) is 20.6. The Morgan fingerprint density at radius 3 is 2.22 bits per heavy atom. The van der Waals surface area contributed by atoms with Gasteiger partial charge in [0.05, 0.1) is 6.54 Å². The fourth-order valence-corrected chi connectivity index (χ4v) is 3.87. The Bertz CT molecular complexity index is 382. The molecule has 1 saturated carbocycles. The molecule has 1 aliphatic heterocycles. The van der Waals surface area contributed by atoms with Gasteiger partial charge >= 0.3 is 0 Å². The van der Waals surface area contributed by atoms with Crippen molar-refractivity contribution in [1.29, 1.82) is 0 Å². The Morgan fingerprint density at radius 1 is 1.04 bits per heavy atom. The smallest absolute Gasteiger partial charge is 0.236 e. The maximum Gasteiger partial charge on any atom is 0.236 e. The lowest BCUT2D eigenvalue weighted by Crippen LogP contribution is -2.48. The van der Waals surface area contributed by atoms with E-state index < -0.39 is 0 Å². The van der Waals surface area contributed by atoms with Crippen LogP contribution < -0.4 is 5.32 Å². The number of nitrogens with zero attached hydrogens (tertiary/aromatic N) is 2. The molecule has 1 N–H and O–H groups in total. The van der Waals surface area contributed by atoms with E-state index >= 15 is 0 Å². The van der Waals surface area contributed by atoms with Crippen molar-refractivity contribution in [1.82, 2.24) is 15.1 Å². The molecule has 1 aliphatic carbocycles. The highest BCUT2D eigenvalue weighted by atomic mass is 16.2. The van der Waals surface area contributed by atoms with Gasteiger partial charge in [-0.2, -0.15) is 0 Å². The lowest BCUT2D eigenvalue weighted by Gasteiger charge is -2.33. The highest BCUT2D eigenvalue weighted by Crippen LogP contribution is 2.27. The highest BCUT2D eigenvalue weighted by Gasteiger charge is 2.24. The van der Waals surface area contributed by atoms with Gasteiger partial charge in [-0.3, -0.25) is 14.5 Å². The monoisotopic (exact) mass is 323 g/mol. The number of likely N-dealkylation sites (N-methyl/N-ethyl adjacent to an activating group) is 1. The summed E-state index contributed by atoms with van der Waals surface area (Å²) in [6.45, 7) is 7.93. The summed E-state index contributed by atoms with van der Waals surface area (Å²) >= 11 is 0. The standard InChI is InChI=1S/C18H33N3O2/c1-3-21(4-2)18(23)14-20-11-9-16(10-12-20)19-17(22)13-15-7-5-6-8-15/h15-16H,3-14H2,1-2H3,(H,19,22). The van der Waals surface area contributed by atoms with E-state index in [1.54, 1.807) is 0 Å². The van der Waals surface area contributed by atoms with Gasteiger partial charge in [-0.1, -0.05) is 12.8 Å². The molecule has 0 spiro atoms. The summed E-state index contributed by atoms with van der Waals surface area (Å²) < 4.78 is 0. The predicted octanol–water partition coefficient (Wildman–Crippen LogP) is 2.02. The van der Waals surface area contributed by atoms with E-state index in [1.165, 1.54) is 25.7 Å². The second-order valence-electron chi connectivity index (χ2n) is 7.04. The average molecular weight is 323 g/mol. The summed E-state index contributed by atoms with van der Waals surface area (Å²) in [6, 6.07) is 0.295. The predicted molar refractivity (Wildman–Crippen MR) is 92.1 cm³/mol. The molecule has 0 aromatic carbocycles. The highest BCUT2D eigenvalue weighted by molar-refractivity contribution is 5.78. The summed E-state index contributed by atoms with van der Waals surface area (Å²) in [6.07, 6.45) is 7.65. The van der Waals surface area contributed by atoms with E-state index in [0.29, 0.717) is 24.9 Å². The van der Waals surface area contributed by atoms with Crippen LogP contribution in [0, 0.1) is 5.92 Å². The van der Waals surface area contributed by atoms with Crippen LogP contribution in [0.15, 0.2) is 0 Å². The van der Waals surface area contributed by atoms with E-state index in [4.69, 9.17) is 0 Å². The molecule has 0 aromatic heterocycles. The molecule has 0 radical (unpaired) electrons. The van der Waals surface area contributed by atoms with E-state index in [9.17, 15) is 9.59 Å². The van der Waals surface area contributed by atoms with Crippen LogP contribution >= 0.6 is 0 Å². The Morgan fingerprint density at radius 2 is 1.65 bits per heavy atom. The van der Waals surface area contributed by atoms with Gasteiger partial charge in [0.2, 0.25) is 11.8 Å². The third-order valence-corrected chi connectivity index (χ3v) is 5.38. The van der Waals surface area contributed by atoms with Gasteiger partial charge in [-0.05, 0) is 45.4 Å². The van der Waals surface area contributed by atoms with Crippen LogP contribution in [0.1, 0.15) is 58.8 Å². The quantitative estimate of drug-likeness (QED) is 0.780. The van der Waals surface area contributed by atoms with E-state index in [0.717, 1.165) is 39.0 Å². The third kappa shape index (κ3) is 5.79. The summed E-state index contributed by atoms with van der Waals surface area (Å²) in [5, 5.41) is 3.20. The second-order valence-corrected chi connectivity index (χ2v) is 7.04. The number of rotatable bonds is 7. The lowest BCUT2D eigenvalue weighted by atomic mass is 10.0. The van der Waals surface area contributed by atoms with Crippen molar-refractivity contribution in [2.24, 2.45) is 5.92 Å². The molecule has 0 unspecified atom stereocenters. The molecular weight excluding hydrogens is 290 g/mol. The average Bonchev–Trinajstić information content (AvgIpc) is 3.03. The number of likely N-dealkylation sites (tertiary alicyclic amines) is 1. The van der Waals surface area contributed by atoms with Crippen LogP contribution in [0.3, 0.4) is 0 Å². The van der Waals surface area contributed by atoms with Crippen LogP contribution in [-0.4, -0.2) is 60.4 Å². The molecule has 0 bridgehead atoms. The molecule has 2 rings (SSSR count). The first-order valence-corrected chi connectivity index (χ1v) is 9.41. The van der Waals surface area contributed by atoms with Crippen molar-refractivity contribution in [3.8, 4) is 0 Å². The van der Waals surface area contributed by atoms with Crippen molar-refractivity contribution in [3.63, 3.8) is 0 Å². The van der Waals surface area contributed by atoms with E-state index in [1.807, 2.05) is 18.7 Å². The molecule has 5 heteroatoms.